The van der Waals surface area contributed by atoms with Crippen LogP contribution in [0, 0.1) is 0 Å². The molecule has 0 saturated carbocycles. The van der Waals surface area contributed by atoms with Gasteiger partial charge in [0.25, 0.3) is 11.8 Å². The highest BCUT2D eigenvalue weighted by Crippen LogP contribution is 2.19. The first-order chi connectivity index (χ1) is 10.7. The number of carbonyl (C=O) groups excluding carboxylic acids is 2. The Kier molecular flexibility index (Phi) is 4.20. The number of benzene rings is 1. The van der Waals surface area contributed by atoms with Crippen LogP contribution in [-0.2, 0) is 9.53 Å². The van der Waals surface area contributed by atoms with Crippen LogP contribution in [0.5, 0.6) is 0 Å². The van der Waals surface area contributed by atoms with Crippen LogP contribution in [0.3, 0.4) is 0 Å². The van der Waals surface area contributed by atoms with Gasteiger partial charge in [-0.3, -0.25) is 9.59 Å². The third kappa shape index (κ3) is 3.35. The van der Waals surface area contributed by atoms with Gasteiger partial charge in [0.2, 0.25) is 0 Å². The van der Waals surface area contributed by atoms with Gasteiger partial charge in [0, 0.05) is 18.0 Å². The zero-order valence-corrected chi connectivity index (χ0v) is 11.9. The maximum absolute atomic E-state index is 12.0. The number of carbonyl (C=O) groups is 2. The van der Waals surface area contributed by atoms with Crippen molar-refractivity contribution in [1.29, 1.82) is 0 Å². The second-order valence-electron chi connectivity index (χ2n) is 5.00. The minimum atomic E-state index is -0.388. The summed E-state index contributed by atoms with van der Waals surface area (Å²) in [6.07, 6.45) is 2.69. The van der Waals surface area contributed by atoms with E-state index in [2.05, 4.69) is 10.6 Å². The molecule has 1 aliphatic rings. The molecular formula is C16H16N2O4. The lowest BCUT2D eigenvalue weighted by Gasteiger charge is -2.11. The Labute approximate surface area is 127 Å². The fraction of sp³-hybridized carbons (Fsp3) is 0.250. The number of amides is 2. The van der Waals surface area contributed by atoms with Crippen LogP contribution in [0.4, 0.5) is 11.4 Å². The molecule has 1 saturated heterocycles. The minimum absolute atomic E-state index is 0.160. The third-order valence-corrected chi connectivity index (χ3v) is 3.36. The standard InChI is InChI=1S/C16H16N2O4/c19-15(13-6-2-8-21-13)17-11-4-1-5-12(10-11)18-16(20)14-7-3-9-22-14/h1-2,4-6,8,10,14H,3,7,9H2,(H,17,19)(H,18,20)/t14-/m1/s1. The van der Waals surface area contributed by atoms with E-state index in [9.17, 15) is 9.59 Å². The van der Waals surface area contributed by atoms with Gasteiger partial charge in [0.15, 0.2) is 5.76 Å². The van der Waals surface area contributed by atoms with Crippen LogP contribution < -0.4 is 10.6 Å². The molecule has 2 heterocycles. The van der Waals surface area contributed by atoms with Gasteiger partial charge >= 0.3 is 0 Å². The first-order valence-corrected chi connectivity index (χ1v) is 7.10. The van der Waals surface area contributed by atoms with Crippen molar-refractivity contribution in [2.45, 2.75) is 18.9 Å². The molecule has 1 fully saturated rings. The maximum Gasteiger partial charge on any atom is 0.291 e. The number of ether oxygens (including phenoxy) is 1. The number of furan rings is 1. The zero-order valence-electron chi connectivity index (χ0n) is 11.9. The molecular weight excluding hydrogens is 284 g/mol. The SMILES string of the molecule is O=C(Nc1cccc(NC(=O)[C@H]2CCCO2)c1)c1ccco1. The van der Waals surface area contributed by atoms with Crippen molar-refractivity contribution < 1.29 is 18.7 Å². The smallest absolute Gasteiger partial charge is 0.291 e. The molecule has 6 heteroatoms. The topological polar surface area (TPSA) is 80.6 Å². The van der Waals surface area contributed by atoms with E-state index in [0.29, 0.717) is 18.0 Å². The second-order valence-corrected chi connectivity index (χ2v) is 5.00. The third-order valence-electron chi connectivity index (χ3n) is 3.36. The van der Waals surface area contributed by atoms with Crippen molar-refractivity contribution in [3.63, 3.8) is 0 Å². The normalized spacial score (nSPS) is 17.2. The number of hydrogen-bond acceptors (Lipinski definition) is 4. The molecule has 2 amide bonds. The Balaban J connectivity index is 1.64. The highest BCUT2D eigenvalue weighted by Gasteiger charge is 2.23. The van der Waals surface area contributed by atoms with Gasteiger partial charge in [-0.05, 0) is 43.2 Å². The molecule has 2 N–H and O–H groups in total. The van der Waals surface area contributed by atoms with Crippen molar-refractivity contribution in [1.82, 2.24) is 0 Å². The van der Waals surface area contributed by atoms with Gasteiger partial charge in [-0.1, -0.05) is 6.07 Å². The molecule has 1 atom stereocenters. The zero-order chi connectivity index (χ0) is 15.4. The molecule has 114 valence electrons. The molecule has 0 radical (unpaired) electrons. The molecule has 22 heavy (non-hydrogen) atoms. The molecule has 1 aromatic carbocycles. The molecule has 0 aliphatic carbocycles. The van der Waals surface area contributed by atoms with Gasteiger partial charge in [-0.15, -0.1) is 0 Å². The summed E-state index contributed by atoms with van der Waals surface area (Å²) in [4.78, 5) is 23.9. The van der Waals surface area contributed by atoms with Crippen molar-refractivity contribution in [3.8, 4) is 0 Å². The van der Waals surface area contributed by atoms with E-state index in [1.54, 1.807) is 36.4 Å². The number of rotatable bonds is 4. The number of anilines is 2. The van der Waals surface area contributed by atoms with Crippen molar-refractivity contribution in [3.05, 3.63) is 48.4 Å². The fourth-order valence-electron chi connectivity index (χ4n) is 2.28. The lowest BCUT2D eigenvalue weighted by Crippen LogP contribution is -2.26. The Hall–Kier alpha value is -2.60. The van der Waals surface area contributed by atoms with Crippen molar-refractivity contribution in [2.24, 2.45) is 0 Å². The summed E-state index contributed by atoms with van der Waals surface area (Å²) in [5.74, 6) is -0.270. The molecule has 0 spiro atoms. The van der Waals surface area contributed by atoms with Crippen molar-refractivity contribution in [2.75, 3.05) is 17.2 Å². The molecule has 3 rings (SSSR count). The van der Waals surface area contributed by atoms with E-state index in [4.69, 9.17) is 9.15 Å². The number of nitrogens with one attached hydrogen (secondary N) is 2. The van der Waals surface area contributed by atoms with Crippen LogP contribution in [0.25, 0.3) is 0 Å². The fourth-order valence-corrected chi connectivity index (χ4v) is 2.28. The molecule has 1 aliphatic heterocycles. The summed E-state index contributed by atoms with van der Waals surface area (Å²) in [5, 5.41) is 5.51. The monoisotopic (exact) mass is 300 g/mol. The Morgan fingerprint density at radius 3 is 2.59 bits per heavy atom. The first-order valence-electron chi connectivity index (χ1n) is 7.10. The van der Waals surface area contributed by atoms with Gasteiger partial charge < -0.3 is 19.8 Å². The van der Waals surface area contributed by atoms with Gasteiger partial charge in [-0.25, -0.2) is 0 Å². The minimum Gasteiger partial charge on any atom is -0.459 e. The Bertz CT molecular complexity index is 661. The highest BCUT2D eigenvalue weighted by atomic mass is 16.5. The lowest BCUT2D eigenvalue weighted by molar-refractivity contribution is -0.124. The van der Waals surface area contributed by atoms with Crippen LogP contribution in [-0.4, -0.2) is 24.5 Å². The summed E-state index contributed by atoms with van der Waals surface area (Å²) in [6.45, 7) is 0.622. The molecule has 0 bridgehead atoms. The largest absolute Gasteiger partial charge is 0.459 e. The van der Waals surface area contributed by atoms with E-state index in [1.165, 1.54) is 6.26 Å². The van der Waals surface area contributed by atoms with Crippen LogP contribution in [0.2, 0.25) is 0 Å². The number of hydrogen-bond donors (Lipinski definition) is 2. The summed E-state index contributed by atoms with van der Waals surface area (Å²) in [7, 11) is 0. The summed E-state index contributed by atoms with van der Waals surface area (Å²) in [5.41, 5.74) is 1.18. The Morgan fingerprint density at radius 1 is 1.09 bits per heavy atom. The van der Waals surface area contributed by atoms with E-state index in [1.807, 2.05) is 0 Å². The average Bonchev–Trinajstić information content (AvgIpc) is 3.21. The molecule has 2 aromatic rings. The molecule has 0 unspecified atom stereocenters. The maximum atomic E-state index is 12.0. The van der Waals surface area contributed by atoms with Gasteiger partial charge in [0.1, 0.15) is 6.10 Å². The summed E-state index contributed by atoms with van der Waals surface area (Å²) < 4.78 is 10.4. The van der Waals surface area contributed by atoms with Crippen LogP contribution in [0.15, 0.2) is 47.1 Å². The quantitative estimate of drug-likeness (QED) is 0.909. The van der Waals surface area contributed by atoms with Crippen LogP contribution in [0.1, 0.15) is 23.4 Å². The predicted octanol–water partition coefficient (Wildman–Crippen LogP) is 2.65. The first kappa shape index (κ1) is 14.3. The highest BCUT2D eigenvalue weighted by molar-refractivity contribution is 6.02. The van der Waals surface area contributed by atoms with E-state index in [0.717, 1.165) is 12.8 Å². The van der Waals surface area contributed by atoms with E-state index >= 15 is 0 Å². The van der Waals surface area contributed by atoms with E-state index < -0.39 is 0 Å². The molecule has 6 nitrogen and oxygen atoms in total. The van der Waals surface area contributed by atoms with E-state index in [-0.39, 0.29) is 23.7 Å². The predicted molar refractivity (Wildman–Crippen MR) is 80.7 cm³/mol. The van der Waals surface area contributed by atoms with Crippen molar-refractivity contribution >= 4 is 23.2 Å². The van der Waals surface area contributed by atoms with Crippen LogP contribution >= 0.6 is 0 Å². The second kappa shape index (κ2) is 6.44. The summed E-state index contributed by atoms with van der Waals surface area (Å²) >= 11 is 0. The van der Waals surface area contributed by atoms with Gasteiger partial charge in [0.05, 0.1) is 6.26 Å². The van der Waals surface area contributed by atoms with Gasteiger partial charge in [-0.2, -0.15) is 0 Å². The average molecular weight is 300 g/mol. The lowest BCUT2D eigenvalue weighted by atomic mass is 10.2. The Morgan fingerprint density at radius 2 is 1.91 bits per heavy atom. The molecule has 1 aromatic heterocycles. The summed E-state index contributed by atoms with van der Waals surface area (Å²) in [6, 6.07) is 10.2.